The zero-order valence-electron chi connectivity index (χ0n) is 14.4. The Kier molecular flexibility index (Phi) is 4.02. The molecule has 0 saturated heterocycles. The lowest BCUT2D eigenvalue weighted by atomic mass is 9.87. The number of amides is 1. The molecule has 0 saturated carbocycles. The van der Waals surface area contributed by atoms with Crippen molar-refractivity contribution in [3.05, 3.63) is 39.4 Å². The van der Waals surface area contributed by atoms with Gasteiger partial charge >= 0.3 is 0 Å². The number of aryl methyl sites for hydroxylation is 2. The first-order valence-corrected chi connectivity index (χ1v) is 9.01. The van der Waals surface area contributed by atoms with Crippen molar-refractivity contribution in [2.24, 2.45) is 13.0 Å². The Morgan fingerprint density at radius 2 is 2.20 bits per heavy atom. The van der Waals surface area contributed by atoms with Crippen LogP contribution in [0.15, 0.2) is 6.07 Å². The van der Waals surface area contributed by atoms with Crippen LogP contribution in [0.2, 0.25) is 5.02 Å². The third-order valence-electron chi connectivity index (χ3n) is 5.46. The average molecular weight is 363 g/mol. The quantitative estimate of drug-likeness (QED) is 0.783. The molecule has 1 aliphatic carbocycles. The normalized spacial score (nSPS) is 19.5. The van der Waals surface area contributed by atoms with Crippen LogP contribution in [0, 0.1) is 18.7 Å². The Morgan fingerprint density at radius 1 is 1.40 bits per heavy atom. The van der Waals surface area contributed by atoms with Gasteiger partial charge in [0.15, 0.2) is 0 Å². The highest BCUT2D eigenvalue weighted by atomic mass is 35.5. The minimum Gasteiger partial charge on any atom is -0.310 e. The Balaban J connectivity index is 1.67. The third-order valence-corrected chi connectivity index (χ3v) is 5.75. The molecule has 1 aromatic heterocycles. The summed E-state index contributed by atoms with van der Waals surface area (Å²) >= 11 is 6.33. The maximum absolute atomic E-state index is 14.0. The van der Waals surface area contributed by atoms with Crippen molar-refractivity contribution in [3.63, 3.8) is 0 Å². The fraction of sp³-hybridized carbons (Fsp3) is 0.500. The van der Waals surface area contributed by atoms with Gasteiger partial charge in [0, 0.05) is 25.9 Å². The van der Waals surface area contributed by atoms with E-state index >= 15 is 0 Å². The van der Waals surface area contributed by atoms with E-state index in [4.69, 9.17) is 11.6 Å². The van der Waals surface area contributed by atoms with Crippen molar-refractivity contribution in [3.8, 4) is 0 Å². The largest absolute Gasteiger partial charge is 0.310 e. The van der Waals surface area contributed by atoms with E-state index < -0.39 is 0 Å². The number of anilines is 1. The Bertz CT molecular complexity index is 863. The van der Waals surface area contributed by atoms with E-state index in [9.17, 15) is 9.18 Å². The summed E-state index contributed by atoms with van der Waals surface area (Å²) < 4.78 is 15.8. The minimum absolute atomic E-state index is 0.0701. The van der Waals surface area contributed by atoms with E-state index in [1.165, 1.54) is 6.07 Å². The average Bonchev–Trinajstić information content (AvgIpc) is 2.99. The lowest BCUT2D eigenvalue weighted by Crippen LogP contribution is -2.42. The molecule has 7 heteroatoms. The van der Waals surface area contributed by atoms with Crippen LogP contribution in [0.5, 0.6) is 0 Å². The van der Waals surface area contributed by atoms with Crippen molar-refractivity contribution in [2.45, 2.75) is 39.0 Å². The van der Waals surface area contributed by atoms with Gasteiger partial charge in [-0.1, -0.05) is 16.8 Å². The van der Waals surface area contributed by atoms with Gasteiger partial charge in [-0.25, -0.2) is 4.39 Å². The molecule has 1 atom stereocenters. The number of halogens is 2. The van der Waals surface area contributed by atoms with Crippen molar-refractivity contribution >= 4 is 23.2 Å². The first-order valence-electron chi connectivity index (χ1n) is 8.63. The van der Waals surface area contributed by atoms with Gasteiger partial charge in [-0.2, -0.15) is 0 Å². The summed E-state index contributed by atoms with van der Waals surface area (Å²) in [4.78, 5) is 15.0. The summed E-state index contributed by atoms with van der Waals surface area (Å²) in [6.07, 6.45) is 3.74. The first-order chi connectivity index (χ1) is 12.0. The van der Waals surface area contributed by atoms with Gasteiger partial charge in [0.25, 0.3) is 0 Å². The van der Waals surface area contributed by atoms with Gasteiger partial charge in [-0.05, 0) is 49.8 Å². The molecular weight excluding hydrogens is 343 g/mol. The number of rotatable bonds is 1. The molecule has 0 unspecified atom stereocenters. The van der Waals surface area contributed by atoms with E-state index in [1.807, 2.05) is 7.05 Å². The number of carbonyl (C=O) groups excluding carboxylic acids is 1. The van der Waals surface area contributed by atoms with Crippen LogP contribution in [0.1, 0.15) is 35.4 Å². The molecule has 2 heterocycles. The van der Waals surface area contributed by atoms with Crippen molar-refractivity contribution < 1.29 is 9.18 Å². The van der Waals surface area contributed by atoms with Gasteiger partial charge in [0.05, 0.1) is 22.1 Å². The second-order valence-electron chi connectivity index (χ2n) is 6.93. The van der Waals surface area contributed by atoms with E-state index in [1.54, 1.807) is 16.5 Å². The molecule has 4 rings (SSSR count). The van der Waals surface area contributed by atoms with Gasteiger partial charge in [0.2, 0.25) is 5.91 Å². The lowest BCUT2D eigenvalue weighted by molar-refractivity contribution is -0.122. The summed E-state index contributed by atoms with van der Waals surface area (Å²) in [6, 6.07) is 1.32. The zero-order valence-corrected chi connectivity index (χ0v) is 15.1. The van der Waals surface area contributed by atoms with Gasteiger partial charge in [-0.15, -0.1) is 5.10 Å². The molecule has 0 radical (unpaired) electrons. The third kappa shape index (κ3) is 2.63. The maximum atomic E-state index is 14.0. The van der Waals surface area contributed by atoms with Crippen LogP contribution in [0.3, 0.4) is 0 Å². The minimum atomic E-state index is -0.304. The van der Waals surface area contributed by atoms with Crippen LogP contribution in [-0.4, -0.2) is 27.4 Å². The molecule has 5 nitrogen and oxygen atoms in total. The van der Waals surface area contributed by atoms with Crippen LogP contribution >= 0.6 is 11.6 Å². The maximum Gasteiger partial charge on any atom is 0.230 e. The number of nitrogens with zero attached hydrogens (tertiary/aromatic N) is 4. The van der Waals surface area contributed by atoms with E-state index in [0.717, 1.165) is 42.6 Å². The summed E-state index contributed by atoms with van der Waals surface area (Å²) in [5, 5.41) is 8.54. The predicted molar refractivity (Wildman–Crippen MR) is 93.3 cm³/mol. The predicted octanol–water partition coefficient (Wildman–Crippen LogP) is 3.00. The number of carbonyl (C=O) groups is 1. The Labute approximate surface area is 150 Å². The van der Waals surface area contributed by atoms with Crippen molar-refractivity contribution in [1.29, 1.82) is 0 Å². The molecular formula is C18H20ClFN4O. The molecule has 1 aliphatic heterocycles. The van der Waals surface area contributed by atoms with E-state index in [-0.39, 0.29) is 17.6 Å². The van der Waals surface area contributed by atoms with Crippen LogP contribution < -0.4 is 4.90 Å². The zero-order chi connectivity index (χ0) is 17.7. The number of aromatic nitrogens is 3. The first kappa shape index (κ1) is 16.5. The lowest BCUT2D eigenvalue weighted by Gasteiger charge is -2.35. The molecule has 25 heavy (non-hydrogen) atoms. The van der Waals surface area contributed by atoms with Crippen LogP contribution in [-0.2, 0) is 31.1 Å². The molecule has 2 aromatic rings. The molecule has 0 N–H and O–H groups in total. The summed E-state index contributed by atoms with van der Waals surface area (Å²) in [5.74, 6) is -0.348. The highest BCUT2D eigenvalue weighted by molar-refractivity contribution is 6.34. The van der Waals surface area contributed by atoms with Gasteiger partial charge in [0.1, 0.15) is 5.82 Å². The highest BCUT2D eigenvalue weighted by Gasteiger charge is 2.34. The number of hydrogen-bond acceptors (Lipinski definition) is 3. The fourth-order valence-corrected chi connectivity index (χ4v) is 4.35. The monoisotopic (exact) mass is 362 g/mol. The molecule has 132 valence electrons. The molecule has 1 aromatic carbocycles. The van der Waals surface area contributed by atoms with Crippen LogP contribution in [0.25, 0.3) is 0 Å². The second kappa shape index (κ2) is 6.09. The van der Waals surface area contributed by atoms with Crippen molar-refractivity contribution in [1.82, 2.24) is 15.0 Å². The topological polar surface area (TPSA) is 51.0 Å². The smallest absolute Gasteiger partial charge is 0.230 e. The van der Waals surface area contributed by atoms with Gasteiger partial charge in [-0.3, -0.25) is 9.48 Å². The molecule has 2 aliphatic rings. The number of hydrogen-bond donors (Lipinski definition) is 0. The van der Waals surface area contributed by atoms with Gasteiger partial charge < -0.3 is 4.90 Å². The highest BCUT2D eigenvalue weighted by Crippen LogP contribution is 2.39. The molecule has 0 fully saturated rings. The molecule has 0 bridgehead atoms. The van der Waals surface area contributed by atoms with E-state index in [2.05, 4.69) is 10.3 Å². The van der Waals surface area contributed by atoms with E-state index in [0.29, 0.717) is 29.2 Å². The SMILES string of the molecule is Cc1c(F)cc(Cl)c2c1CCCN2C(=O)[C@H]1CCc2nnn(C)c2C1. The van der Waals surface area contributed by atoms with Crippen LogP contribution in [0.4, 0.5) is 10.1 Å². The summed E-state index contributed by atoms with van der Waals surface area (Å²) in [7, 11) is 1.86. The second-order valence-corrected chi connectivity index (χ2v) is 7.34. The Hall–Kier alpha value is -1.95. The fourth-order valence-electron chi connectivity index (χ4n) is 4.04. The number of fused-ring (bicyclic) bond motifs is 2. The van der Waals surface area contributed by atoms with Crippen molar-refractivity contribution in [2.75, 3.05) is 11.4 Å². The summed E-state index contributed by atoms with van der Waals surface area (Å²) in [5.41, 5.74) is 4.18. The standard InChI is InChI=1S/C18H20ClFN4O/c1-10-12-4-3-7-24(17(12)13(19)9-14(10)20)18(25)11-5-6-15-16(8-11)23(2)22-21-15/h9,11H,3-8H2,1-2H3/t11-/m0/s1. The summed E-state index contributed by atoms with van der Waals surface area (Å²) in [6.45, 7) is 2.39. The Morgan fingerprint density at radius 3 is 3.00 bits per heavy atom. The molecule has 0 spiro atoms. The molecule has 1 amide bonds. The number of benzene rings is 1.